The van der Waals surface area contributed by atoms with Crippen LogP contribution in [0.4, 0.5) is 4.79 Å². The Labute approximate surface area is 122 Å². The van der Waals surface area contributed by atoms with Crippen molar-refractivity contribution in [1.29, 1.82) is 0 Å². The first-order valence-corrected chi connectivity index (χ1v) is 8.09. The van der Waals surface area contributed by atoms with E-state index in [2.05, 4.69) is 17.1 Å². The highest BCUT2D eigenvalue weighted by Crippen LogP contribution is 2.13. The Balaban J connectivity index is 1.64. The topological polar surface area (TPSA) is 44.8 Å². The van der Waals surface area contributed by atoms with E-state index in [9.17, 15) is 4.79 Å². The van der Waals surface area contributed by atoms with Crippen LogP contribution in [0.1, 0.15) is 39.5 Å². The van der Waals surface area contributed by atoms with Gasteiger partial charge in [0.25, 0.3) is 0 Å². The number of nitrogens with zero attached hydrogens (tertiary/aromatic N) is 2. The minimum absolute atomic E-state index is 0.156. The second-order valence-corrected chi connectivity index (χ2v) is 6.04. The molecule has 116 valence electrons. The van der Waals surface area contributed by atoms with Gasteiger partial charge in [-0.05, 0) is 52.6 Å². The normalized spacial score (nSPS) is 23.0. The molecule has 2 fully saturated rings. The van der Waals surface area contributed by atoms with Crippen molar-refractivity contribution in [3.63, 3.8) is 0 Å². The number of hydrogen-bond donors (Lipinski definition) is 1. The fourth-order valence-corrected chi connectivity index (χ4v) is 3.25. The van der Waals surface area contributed by atoms with E-state index in [0.717, 1.165) is 32.5 Å². The summed E-state index contributed by atoms with van der Waals surface area (Å²) in [6.07, 6.45) is 4.61. The average Bonchev–Trinajstić information content (AvgIpc) is 2.92. The maximum atomic E-state index is 11.6. The highest BCUT2D eigenvalue weighted by atomic mass is 16.6. The van der Waals surface area contributed by atoms with Gasteiger partial charge in [0.1, 0.15) is 0 Å². The van der Waals surface area contributed by atoms with Gasteiger partial charge >= 0.3 is 6.09 Å². The molecule has 5 heteroatoms. The Kier molecular flexibility index (Phi) is 6.10. The van der Waals surface area contributed by atoms with E-state index in [0.29, 0.717) is 18.7 Å². The summed E-state index contributed by atoms with van der Waals surface area (Å²) in [6, 6.07) is 1.07. The van der Waals surface area contributed by atoms with Crippen LogP contribution in [0.25, 0.3) is 0 Å². The molecule has 2 aliphatic rings. The molecular formula is C15H29N3O2. The minimum Gasteiger partial charge on any atom is -0.450 e. The third-order valence-electron chi connectivity index (χ3n) is 4.27. The van der Waals surface area contributed by atoms with Crippen molar-refractivity contribution in [3.8, 4) is 0 Å². The number of carbonyl (C=O) groups is 1. The number of amides is 1. The van der Waals surface area contributed by atoms with E-state index in [1.807, 2.05) is 11.8 Å². The zero-order chi connectivity index (χ0) is 14.4. The van der Waals surface area contributed by atoms with Crippen molar-refractivity contribution in [2.24, 2.45) is 0 Å². The zero-order valence-electron chi connectivity index (χ0n) is 12.9. The van der Waals surface area contributed by atoms with Crippen LogP contribution in [-0.2, 0) is 4.74 Å². The molecule has 2 aliphatic heterocycles. The van der Waals surface area contributed by atoms with Gasteiger partial charge in [-0.15, -0.1) is 0 Å². The molecule has 1 N–H and O–H groups in total. The first kappa shape index (κ1) is 15.6. The molecule has 0 saturated carbocycles. The predicted molar refractivity (Wildman–Crippen MR) is 79.9 cm³/mol. The summed E-state index contributed by atoms with van der Waals surface area (Å²) in [5.41, 5.74) is 0. The zero-order valence-corrected chi connectivity index (χ0v) is 12.9. The highest BCUT2D eigenvalue weighted by molar-refractivity contribution is 5.67. The van der Waals surface area contributed by atoms with Crippen molar-refractivity contribution in [2.45, 2.75) is 51.6 Å². The number of carbonyl (C=O) groups excluding carboxylic acids is 1. The van der Waals surface area contributed by atoms with Crippen LogP contribution in [0.2, 0.25) is 0 Å². The molecule has 5 nitrogen and oxygen atoms in total. The lowest BCUT2D eigenvalue weighted by atomic mass is 10.0. The standard InChI is InChI=1S/C15H29N3O2/c1-3-20-15(19)18-10-6-14(7-11-18)16-13(2)12-17-8-4-5-9-17/h13-14,16H,3-12H2,1-2H3. The summed E-state index contributed by atoms with van der Waals surface area (Å²) in [5, 5.41) is 3.72. The number of hydrogen-bond acceptors (Lipinski definition) is 4. The smallest absolute Gasteiger partial charge is 0.409 e. The Morgan fingerprint density at radius 1 is 1.25 bits per heavy atom. The molecule has 0 aromatic carbocycles. The van der Waals surface area contributed by atoms with Crippen molar-refractivity contribution < 1.29 is 9.53 Å². The summed E-state index contributed by atoms with van der Waals surface area (Å²) < 4.78 is 5.05. The van der Waals surface area contributed by atoms with E-state index in [4.69, 9.17) is 4.74 Å². The molecular weight excluding hydrogens is 254 g/mol. The molecule has 20 heavy (non-hydrogen) atoms. The van der Waals surface area contributed by atoms with E-state index >= 15 is 0 Å². The van der Waals surface area contributed by atoms with Gasteiger partial charge in [0.15, 0.2) is 0 Å². The van der Waals surface area contributed by atoms with Crippen molar-refractivity contribution >= 4 is 6.09 Å². The fourth-order valence-electron chi connectivity index (χ4n) is 3.25. The first-order valence-electron chi connectivity index (χ1n) is 8.09. The summed E-state index contributed by atoms with van der Waals surface area (Å²) in [6.45, 7) is 9.88. The molecule has 1 atom stereocenters. The lowest BCUT2D eigenvalue weighted by Gasteiger charge is -2.34. The molecule has 1 unspecified atom stereocenters. The van der Waals surface area contributed by atoms with Crippen LogP contribution in [-0.4, -0.2) is 67.3 Å². The van der Waals surface area contributed by atoms with Gasteiger partial charge in [-0.2, -0.15) is 0 Å². The second-order valence-electron chi connectivity index (χ2n) is 6.04. The first-order chi connectivity index (χ1) is 9.69. The largest absolute Gasteiger partial charge is 0.450 e. The van der Waals surface area contributed by atoms with E-state index in [-0.39, 0.29) is 6.09 Å². The number of piperidine rings is 1. The number of rotatable bonds is 5. The maximum Gasteiger partial charge on any atom is 0.409 e. The third-order valence-corrected chi connectivity index (χ3v) is 4.27. The lowest BCUT2D eigenvalue weighted by Crippen LogP contribution is -2.49. The SMILES string of the molecule is CCOC(=O)N1CCC(NC(C)CN2CCCC2)CC1. The van der Waals surface area contributed by atoms with Crippen LogP contribution in [0.3, 0.4) is 0 Å². The summed E-state index contributed by atoms with van der Waals surface area (Å²) in [5.74, 6) is 0. The van der Waals surface area contributed by atoms with Gasteiger partial charge in [-0.3, -0.25) is 0 Å². The quantitative estimate of drug-likeness (QED) is 0.834. The van der Waals surface area contributed by atoms with Crippen LogP contribution in [0.5, 0.6) is 0 Å². The van der Waals surface area contributed by atoms with Crippen molar-refractivity contribution in [3.05, 3.63) is 0 Å². The van der Waals surface area contributed by atoms with E-state index in [1.165, 1.54) is 25.9 Å². The van der Waals surface area contributed by atoms with Gasteiger partial charge < -0.3 is 19.9 Å². The molecule has 2 heterocycles. The van der Waals surface area contributed by atoms with E-state index in [1.54, 1.807) is 0 Å². The molecule has 0 aliphatic carbocycles. The predicted octanol–water partition coefficient (Wildman–Crippen LogP) is 1.68. The van der Waals surface area contributed by atoms with Gasteiger partial charge in [0, 0.05) is 31.7 Å². The molecule has 0 bridgehead atoms. The Morgan fingerprint density at radius 2 is 1.90 bits per heavy atom. The van der Waals surface area contributed by atoms with Gasteiger partial charge in [0.05, 0.1) is 6.61 Å². The molecule has 0 aromatic rings. The summed E-state index contributed by atoms with van der Waals surface area (Å²) in [4.78, 5) is 16.0. The Hall–Kier alpha value is -0.810. The monoisotopic (exact) mass is 283 g/mol. The van der Waals surface area contributed by atoms with Gasteiger partial charge in [-0.25, -0.2) is 4.79 Å². The molecule has 0 spiro atoms. The minimum atomic E-state index is -0.156. The molecule has 0 radical (unpaired) electrons. The number of nitrogens with one attached hydrogen (secondary N) is 1. The fraction of sp³-hybridized carbons (Fsp3) is 0.933. The molecule has 0 aromatic heterocycles. The van der Waals surface area contributed by atoms with Crippen LogP contribution >= 0.6 is 0 Å². The maximum absolute atomic E-state index is 11.6. The molecule has 2 saturated heterocycles. The lowest BCUT2D eigenvalue weighted by molar-refractivity contribution is 0.0939. The summed E-state index contributed by atoms with van der Waals surface area (Å²) in [7, 11) is 0. The van der Waals surface area contributed by atoms with E-state index < -0.39 is 0 Å². The van der Waals surface area contributed by atoms with Crippen LogP contribution in [0, 0.1) is 0 Å². The van der Waals surface area contributed by atoms with Gasteiger partial charge in [-0.1, -0.05) is 0 Å². The molecule has 1 amide bonds. The van der Waals surface area contributed by atoms with Crippen LogP contribution in [0.15, 0.2) is 0 Å². The van der Waals surface area contributed by atoms with Gasteiger partial charge in [0.2, 0.25) is 0 Å². The number of ether oxygens (including phenoxy) is 1. The van der Waals surface area contributed by atoms with Crippen LogP contribution < -0.4 is 5.32 Å². The number of likely N-dealkylation sites (tertiary alicyclic amines) is 2. The van der Waals surface area contributed by atoms with Crippen molar-refractivity contribution in [1.82, 2.24) is 15.1 Å². The second kappa shape index (κ2) is 7.84. The highest BCUT2D eigenvalue weighted by Gasteiger charge is 2.24. The Morgan fingerprint density at radius 3 is 2.50 bits per heavy atom. The average molecular weight is 283 g/mol. The summed E-state index contributed by atoms with van der Waals surface area (Å²) >= 11 is 0. The van der Waals surface area contributed by atoms with Crippen molar-refractivity contribution in [2.75, 3.05) is 39.3 Å². The Bertz CT molecular complexity index is 297. The third kappa shape index (κ3) is 4.63. The molecule has 2 rings (SSSR count).